The third-order valence-electron chi connectivity index (χ3n) is 5.54. The van der Waals surface area contributed by atoms with E-state index in [9.17, 15) is 9.59 Å². The molecule has 1 saturated heterocycles. The summed E-state index contributed by atoms with van der Waals surface area (Å²) in [7, 11) is -1.44. The molecule has 10 heteroatoms. The van der Waals surface area contributed by atoms with E-state index in [2.05, 4.69) is 43.4 Å². The van der Waals surface area contributed by atoms with E-state index in [1.54, 1.807) is 12.3 Å². The van der Waals surface area contributed by atoms with Crippen molar-refractivity contribution in [3.05, 3.63) is 38.7 Å². The highest BCUT2D eigenvalue weighted by Crippen LogP contribution is 2.50. The van der Waals surface area contributed by atoms with Crippen LogP contribution in [0, 0.1) is 16.7 Å². The quantitative estimate of drug-likeness (QED) is 0.332. The summed E-state index contributed by atoms with van der Waals surface area (Å²) in [5.74, 6) is 0. The van der Waals surface area contributed by atoms with Crippen LogP contribution in [0.15, 0.2) is 21.9 Å². The number of rotatable bonds is 11. The van der Waals surface area contributed by atoms with Crippen molar-refractivity contribution in [3.8, 4) is 6.07 Å². The van der Waals surface area contributed by atoms with Crippen LogP contribution >= 0.6 is 8.53 Å². The normalized spacial score (nSPS) is 21.9. The first kappa shape index (κ1) is 29.4. The molecule has 2 rings (SSSR count). The maximum Gasteiger partial charge on any atom is 0.330 e. The van der Waals surface area contributed by atoms with Crippen molar-refractivity contribution in [2.24, 2.45) is 5.41 Å². The smallest absolute Gasteiger partial charge is 0.330 e. The Morgan fingerprint density at radius 2 is 1.97 bits per heavy atom. The number of ether oxygens (including phenoxy) is 1. The van der Waals surface area contributed by atoms with Crippen LogP contribution in [0.25, 0.3) is 6.08 Å². The Balaban J connectivity index is 2.31. The van der Waals surface area contributed by atoms with Crippen LogP contribution < -0.4 is 11.2 Å². The first-order valence-electron chi connectivity index (χ1n) is 12.3. The molecular formula is C25H41N4O5P. The molecule has 0 aromatic carbocycles. The van der Waals surface area contributed by atoms with Gasteiger partial charge >= 0.3 is 5.69 Å². The average molecular weight is 509 g/mol. The summed E-state index contributed by atoms with van der Waals surface area (Å²) in [4.78, 5) is 27.4. The molecule has 4 atom stereocenters. The first-order chi connectivity index (χ1) is 16.4. The largest absolute Gasteiger partial charge is 0.352 e. The number of hydrogen-bond donors (Lipinski definition) is 1. The maximum atomic E-state index is 12.7. The molecule has 35 heavy (non-hydrogen) atoms. The standard InChI is InChI=1S/C25H41N4O5P/c1-9-20-21(34-35(32-14-10-13-26)29(17(2)3)18(4)5)15-22(33-20)28-16-19(11-12-25(6,7)8)23(30)27-24(28)31/h11-12,16-18,20-22H,9-10,14-15H2,1-8H3,(H,27,30,31)/b12-11+/t20-,21-,22-,35?/m1/s1. The molecule has 0 aliphatic carbocycles. The molecule has 1 aliphatic heterocycles. The van der Waals surface area contributed by atoms with E-state index in [4.69, 9.17) is 19.0 Å². The zero-order chi connectivity index (χ0) is 26.3. The van der Waals surface area contributed by atoms with E-state index in [0.717, 1.165) is 0 Å². The van der Waals surface area contributed by atoms with Crippen LogP contribution in [0.3, 0.4) is 0 Å². The van der Waals surface area contributed by atoms with Crippen molar-refractivity contribution < 1.29 is 13.8 Å². The Hall–Kier alpha value is -1.82. The van der Waals surface area contributed by atoms with Crippen molar-refractivity contribution in [1.29, 1.82) is 5.26 Å². The predicted molar refractivity (Wildman–Crippen MR) is 139 cm³/mol. The summed E-state index contributed by atoms with van der Waals surface area (Å²) in [6.45, 7) is 16.8. The molecule has 196 valence electrons. The van der Waals surface area contributed by atoms with Gasteiger partial charge < -0.3 is 13.8 Å². The SMILES string of the molecule is CC[C@H]1O[C@@H](n2cc(/C=C/C(C)(C)C)c(=O)[nH]c2=O)C[C@H]1OP(OCCC#N)N(C(C)C)C(C)C. The number of aromatic amines is 1. The molecule has 0 radical (unpaired) electrons. The fourth-order valence-corrected chi connectivity index (χ4v) is 5.69. The number of nitriles is 1. The van der Waals surface area contributed by atoms with Gasteiger partial charge in [-0.2, -0.15) is 5.26 Å². The van der Waals surface area contributed by atoms with Crippen molar-refractivity contribution in [2.45, 2.75) is 105 Å². The van der Waals surface area contributed by atoms with Crippen LogP contribution in [0.1, 0.15) is 86.4 Å². The molecule has 1 aromatic heterocycles. The van der Waals surface area contributed by atoms with Gasteiger partial charge in [0.2, 0.25) is 0 Å². The number of nitrogens with zero attached hydrogens (tertiary/aromatic N) is 3. The second-order valence-electron chi connectivity index (χ2n) is 10.4. The second kappa shape index (κ2) is 12.9. The lowest BCUT2D eigenvalue weighted by molar-refractivity contribution is -0.0201. The summed E-state index contributed by atoms with van der Waals surface area (Å²) in [5.41, 5.74) is -0.649. The molecule has 2 heterocycles. The Labute approximate surface area is 210 Å². The van der Waals surface area contributed by atoms with Crippen molar-refractivity contribution in [1.82, 2.24) is 14.2 Å². The minimum absolute atomic E-state index is 0.106. The van der Waals surface area contributed by atoms with E-state index in [1.165, 1.54) is 4.57 Å². The minimum atomic E-state index is -1.44. The van der Waals surface area contributed by atoms with Gasteiger partial charge in [-0.15, -0.1) is 0 Å². The summed E-state index contributed by atoms with van der Waals surface area (Å²) >= 11 is 0. The summed E-state index contributed by atoms with van der Waals surface area (Å²) in [5, 5.41) is 8.95. The average Bonchev–Trinajstić information content (AvgIpc) is 3.14. The van der Waals surface area contributed by atoms with Crippen LogP contribution in [0.4, 0.5) is 0 Å². The molecule has 1 N–H and O–H groups in total. The fourth-order valence-electron chi connectivity index (χ4n) is 3.93. The van der Waals surface area contributed by atoms with Gasteiger partial charge in [0.1, 0.15) is 6.23 Å². The highest BCUT2D eigenvalue weighted by Gasteiger charge is 2.40. The van der Waals surface area contributed by atoms with Gasteiger partial charge in [0.05, 0.1) is 36.9 Å². The van der Waals surface area contributed by atoms with Crippen molar-refractivity contribution >= 4 is 14.6 Å². The van der Waals surface area contributed by atoms with Crippen molar-refractivity contribution in [3.63, 3.8) is 0 Å². The van der Waals surface area contributed by atoms with E-state index in [-0.39, 0.29) is 42.7 Å². The number of aromatic nitrogens is 2. The molecule has 0 amide bonds. The van der Waals surface area contributed by atoms with E-state index >= 15 is 0 Å². The lowest BCUT2D eigenvalue weighted by Gasteiger charge is -2.37. The molecule has 1 unspecified atom stereocenters. The maximum absolute atomic E-state index is 12.7. The third-order valence-corrected chi connectivity index (χ3v) is 7.69. The van der Waals surface area contributed by atoms with Gasteiger partial charge in [-0.3, -0.25) is 14.3 Å². The Kier molecular flexibility index (Phi) is 10.9. The number of H-pyrrole nitrogens is 1. The molecule has 9 nitrogen and oxygen atoms in total. The van der Waals surface area contributed by atoms with Gasteiger partial charge in [-0.25, -0.2) is 9.46 Å². The van der Waals surface area contributed by atoms with Crippen molar-refractivity contribution in [2.75, 3.05) is 6.61 Å². The zero-order valence-electron chi connectivity index (χ0n) is 22.3. The van der Waals surface area contributed by atoms with Gasteiger partial charge in [0.25, 0.3) is 14.1 Å². The van der Waals surface area contributed by atoms with Gasteiger partial charge in [-0.05, 0) is 39.5 Å². The molecule has 1 aliphatic rings. The van der Waals surface area contributed by atoms with Crippen LogP contribution in [0.2, 0.25) is 0 Å². The lowest BCUT2D eigenvalue weighted by atomic mass is 9.96. The number of hydrogen-bond acceptors (Lipinski definition) is 7. The molecular weight excluding hydrogens is 467 g/mol. The molecule has 0 saturated carbocycles. The Bertz CT molecular complexity index is 997. The topological polar surface area (TPSA) is 110 Å². The number of nitrogens with one attached hydrogen (secondary N) is 1. The Morgan fingerprint density at radius 3 is 2.51 bits per heavy atom. The van der Waals surface area contributed by atoms with Gasteiger partial charge in [0.15, 0.2) is 0 Å². The van der Waals surface area contributed by atoms with Crippen LogP contribution in [-0.2, 0) is 13.8 Å². The highest BCUT2D eigenvalue weighted by molar-refractivity contribution is 7.44. The zero-order valence-corrected chi connectivity index (χ0v) is 23.2. The lowest BCUT2D eigenvalue weighted by Crippen LogP contribution is -2.35. The Morgan fingerprint density at radius 1 is 1.31 bits per heavy atom. The second-order valence-corrected chi connectivity index (χ2v) is 11.8. The monoisotopic (exact) mass is 508 g/mol. The first-order valence-corrected chi connectivity index (χ1v) is 13.5. The molecule has 1 aromatic rings. The van der Waals surface area contributed by atoms with Gasteiger partial charge in [0, 0.05) is 24.7 Å². The third kappa shape index (κ3) is 8.37. The van der Waals surface area contributed by atoms with Crippen LogP contribution in [0.5, 0.6) is 0 Å². The molecule has 0 spiro atoms. The summed E-state index contributed by atoms with van der Waals surface area (Å²) in [6, 6.07) is 2.47. The fraction of sp³-hybridized carbons (Fsp3) is 0.720. The summed E-state index contributed by atoms with van der Waals surface area (Å²) < 4.78 is 22.4. The molecule has 1 fully saturated rings. The highest BCUT2D eigenvalue weighted by atomic mass is 31.2. The van der Waals surface area contributed by atoms with E-state index in [0.29, 0.717) is 18.4 Å². The minimum Gasteiger partial charge on any atom is -0.352 e. The van der Waals surface area contributed by atoms with Gasteiger partial charge in [-0.1, -0.05) is 39.8 Å². The molecule has 0 bridgehead atoms. The van der Waals surface area contributed by atoms with Crippen LogP contribution in [-0.4, -0.2) is 45.1 Å². The summed E-state index contributed by atoms with van der Waals surface area (Å²) in [6.07, 6.45) is 5.54. The number of allylic oxidation sites excluding steroid dienone is 1. The van der Waals surface area contributed by atoms with E-state index < -0.39 is 26.0 Å². The predicted octanol–water partition coefficient (Wildman–Crippen LogP) is 4.95. The van der Waals surface area contributed by atoms with E-state index in [1.807, 2.05) is 33.8 Å².